The summed E-state index contributed by atoms with van der Waals surface area (Å²) in [6.07, 6.45) is 3.66. The van der Waals surface area contributed by atoms with Crippen molar-refractivity contribution in [3.05, 3.63) is 59.7 Å². The van der Waals surface area contributed by atoms with Gasteiger partial charge in [-0.05, 0) is 54.8 Å². The molecule has 2 aromatic rings. The number of nitrogens with zero attached hydrogens (tertiary/aromatic N) is 2. The molecule has 0 aromatic heterocycles. The number of benzene rings is 2. The maximum absolute atomic E-state index is 13.3. The highest BCUT2D eigenvalue weighted by Gasteiger charge is 2.33. The average Bonchev–Trinajstić information content (AvgIpc) is 2.95. The lowest BCUT2D eigenvalue weighted by molar-refractivity contribution is 0.328. The van der Waals surface area contributed by atoms with Crippen molar-refractivity contribution in [3.8, 4) is 11.8 Å². The Morgan fingerprint density at radius 2 is 1.73 bits per heavy atom. The monoisotopic (exact) mass is 370 g/mol. The summed E-state index contributed by atoms with van der Waals surface area (Å²) < 4.78 is 33.4. The molecule has 1 aliphatic heterocycles. The molecule has 0 bridgehead atoms. The van der Waals surface area contributed by atoms with Gasteiger partial charge < -0.3 is 4.74 Å². The Balaban J connectivity index is 1.98. The van der Waals surface area contributed by atoms with E-state index < -0.39 is 10.0 Å². The van der Waals surface area contributed by atoms with Crippen molar-refractivity contribution in [1.29, 1.82) is 5.26 Å². The predicted molar refractivity (Wildman–Crippen MR) is 99.3 cm³/mol. The van der Waals surface area contributed by atoms with E-state index in [1.54, 1.807) is 23.5 Å². The minimum atomic E-state index is -3.63. The highest BCUT2D eigenvalue weighted by molar-refractivity contribution is 7.89. The molecule has 136 valence electrons. The molecule has 5 nitrogen and oxygen atoms in total. The van der Waals surface area contributed by atoms with Crippen LogP contribution in [0.5, 0.6) is 5.75 Å². The molecule has 1 unspecified atom stereocenters. The zero-order valence-electron chi connectivity index (χ0n) is 14.8. The topological polar surface area (TPSA) is 70.4 Å². The van der Waals surface area contributed by atoms with Crippen molar-refractivity contribution < 1.29 is 13.2 Å². The second kappa shape index (κ2) is 7.90. The fourth-order valence-electron chi connectivity index (χ4n) is 3.37. The van der Waals surface area contributed by atoms with Crippen LogP contribution in [0.3, 0.4) is 0 Å². The second-order valence-electron chi connectivity index (χ2n) is 6.39. The molecule has 2 aromatic carbocycles. The first-order valence-corrected chi connectivity index (χ1v) is 10.2. The van der Waals surface area contributed by atoms with Crippen LogP contribution in [0.1, 0.15) is 42.9 Å². The van der Waals surface area contributed by atoms with Gasteiger partial charge in [0.05, 0.1) is 29.7 Å². The molecular weight excluding hydrogens is 348 g/mol. The molecule has 26 heavy (non-hydrogen) atoms. The molecule has 6 heteroatoms. The Bertz CT molecular complexity index is 884. The van der Waals surface area contributed by atoms with E-state index in [0.717, 1.165) is 37.0 Å². The lowest BCUT2D eigenvalue weighted by Gasteiger charge is -2.29. The van der Waals surface area contributed by atoms with E-state index in [2.05, 4.69) is 0 Å². The molecule has 1 atom stereocenters. The van der Waals surface area contributed by atoms with Crippen LogP contribution in [-0.4, -0.2) is 26.4 Å². The maximum Gasteiger partial charge on any atom is 0.243 e. The van der Waals surface area contributed by atoms with Crippen molar-refractivity contribution in [3.63, 3.8) is 0 Å². The zero-order valence-corrected chi connectivity index (χ0v) is 15.6. The van der Waals surface area contributed by atoms with Gasteiger partial charge in [0, 0.05) is 6.54 Å². The van der Waals surface area contributed by atoms with Crippen molar-refractivity contribution in [2.45, 2.75) is 36.6 Å². The van der Waals surface area contributed by atoms with E-state index in [4.69, 9.17) is 10.00 Å². The van der Waals surface area contributed by atoms with Crippen molar-refractivity contribution >= 4 is 10.0 Å². The minimum absolute atomic E-state index is 0.191. The first kappa shape index (κ1) is 18.4. The number of hydrogen-bond acceptors (Lipinski definition) is 4. The molecule has 1 aliphatic rings. The van der Waals surface area contributed by atoms with E-state index in [9.17, 15) is 8.42 Å². The first-order chi connectivity index (χ1) is 12.6. The summed E-state index contributed by atoms with van der Waals surface area (Å²) >= 11 is 0. The number of sulfonamides is 1. The van der Waals surface area contributed by atoms with E-state index in [0.29, 0.717) is 12.1 Å². The molecule has 1 heterocycles. The molecule has 3 rings (SSSR count). The smallest absolute Gasteiger partial charge is 0.243 e. The summed E-state index contributed by atoms with van der Waals surface area (Å²) in [4.78, 5) is 0.233. The van der Waals surface area contributed by atoms with Gasteiger partial charge in [-0.1, -0.05) is 25.0 Å². The normalized spacial score (nSPS) is 18.7. The highest BCUT2D eigenvalue weighted by Crippen LogP contribution is 2.35. The molecule has 0 saturated carbocycles. The lowest BCUT2D eigenvalue weighted by atomic mass is 10.0. The molecule has 0 spiro atoms. The van der Waals surface area contributed by atoms with Crippen LogP contribution in [0.15, 0.2) is 53.4 Å². The zero-order chi connectivity index (χ0) is 18.6. The molecular formula is C20H22N2O3S. The van der Waals surface area contributed by atoms with Crippen LogP contribution in [0.4, 0.5) is 0 Å². The van der Waals surface area contributed by atoms with Gasteiger partial charge >= 0.3 is 0 Å². The summed E-state index contributed by atoms with van der Waals surface area (Å²) in [6.45, 7) is 0.499. The predicted octanol–water partition coefficient (Wildman–Crippen LogP) is 3.87. The largest absolute Gasteiger partial charge is 0.497 e. The van der Waals surface area contributed by atoms with Gasteiger partial charge in [-0.15, -0.1) is 0 Å². The number of methoxy groups -OCH3 is 1. The maximum atomic E-state index is 13.3. The van der Waals surface area contributed by atoms with Gasteiger partial charge in [-0.25, -0.2) is 8.42 Å². The summed E-state index contributed by atoms with van der Waals surface area (Å²) in [5.74, 6) is 0.754. The number of hydrogen-bond donors (Lipinski definition) is 0. The van der Waals surface area contributed by atoms with Crippen molar-refractivity contribution in [1.82, 2.24) is 4.31 Å². The van der Waals surface area contributed by atoms with Crippen LogP contribution >= 0.6 is 0 Å². The van der Waals surface area contributed by atoms with Crippen LogP contribution in [-0.2, 0) is 10.0 Å². The van der Waals surface area contributed by atoms with Gasteiger partial charge in [0.25, 0.3) is 0 Å². The van der Waals surface area contributed by atoms with Gasteiger partial charge in [-0.3, -0.25) is 0 Å². The minimum Gasteiger partial charge on any atom is -0.497 e. The molecule has 0 N–H and O–H groups in total. The Morgan fingerprint density at radius 1 is 1.04 bits per heavy atom. The molecule has 0 amide bonds. The van der Waals surface area contributed by atoms with Crippen LogP contribution < -0.4 is 4.74 Å². The van der Waals surface area contributed by atoms with Gasteiger partial charge in [0.2, 0.25) is 10.0 Å². The molecule has 0 radical (unpaired) electrons. The third-order valence-corrected chi connectivity index (χ3v) is 6.72. The SMILES string of the molecule is COc1ccc(C2CCCCCN2S(=O)(=O)c2ccc(C#N)cc2)cc1. The van der Waals surface area contributed by atoms with Gasteiger partial charge in [-0.2, -0.15) is 9.57 Å². The van der Waals surface area contributed by atoms with Gasteiger partial charge in [0.1, 0.15) is 5.75 Å². The third-order valence-electron chi connectivity index (χ3n) is 4.79. The summed E-state index contributed by atoms with van der Waals surface area (Å²) in [5.41, 5.74) is 1.43. The van der Waals surface area contributed by atoms with Crippen LogP contribution in [0.2, 0.25) is 0 Å². The van der Waals surface area contributed by atoms with Crippen molar-refractivity contribution in [2.75, 3.05) is 13.7 Å². The summed E-state index contributed by atoms with van der Waals surface area (Å²) in [6, 6.07) is 15.6. The second-order valence-corrected chi connectivity index (χ2v) is 8.28. The lowest BCUT2D eigenvalue weighted by Crippen LogP contribution is -2.34. The fraction of sp³-hybridized carbons (Fsp3) is 0.350. The number of rotatable bonds is 4. The van der Waals surface area contributed by atoms with Crippen molar-refractivity contribution in [2.24, 2.45) is 0 Å². The molecule has 0 aliphatic carbocycles. The first-order valence-electron chi connectivity index (χ1n) is 8.72. The van der Waals surface area contributed by atoms with E-state index >= 15 is 0 Å². The number of ether oxygens (including phenoxy) is 1. The van der Waals surface area contributed by atoms with Gasteiger partial charge in [0.15, 0.2) is 0 Å². The van der Waals surface area contributed by atoms with Crippen LogP contribution in [0.25, 0.3) is 0 Å². The molecule has 1 fully saturated rings. The standard InChI is InChI=1S/C20H22N2O3S/c1-25-18-10-8-17(9-11-18)20-5-3-2-4-14-22(20)26(23,24)19-12-6-16(15-21)7-13-19/h6-13,20H,2-5,14H2,1H3. The highest BCUT2D eigenvalue weighted by atomic mass is 32.2. The average molecular weight is 370 g/mol. The Labute approximate surface area is 154 Å². The fourth-order valence-corrected chi connectivity index (χ4v) is 5.05. The van der Waals surface area contributed by atoms with E-state index in [-0.39, 0.29) is 10.9 Å². The third kappa shape index (κ3) is 3.74. The Hall–Kier alpha value is -2.36. The quantitative estimate of drug-likeness (QED) is 0.819. The summed E-state index contributed by atoms with van der Waals surface area (Å²) in [5, 5.41) is 8.93. The Morgan fingerprint density at radius 3 is 2.35 bits per heavy atom. The Kier molecular flexibility index (Phi) is 5.60. The summed E-state index contributed by atoms with van der Waals surface area (Å²) in [7, 11) is -2.02. The van der Waals surface area contributed by atoms with Crippen LogP contribution in [0, 0.1) is 11.3 Å². The molecule has 1 saturated heterocycles. The van der Waals surface area contributed by atoms with E-state index in [1.807, 2.05) is 30.3 Å². The number of nitriles is 1. The van der Waals surface area contributed by atoms with E-state index in [1.165, 1.54) is 12.1 Å².